The molecule has 0 heterocycles. The summed E-state index contributed by atoms with van der Waals surface area (Å²) in [4.78, 5) is 0. The molecule has 1 aromatic rings. The molecule has 1 aliphatic rings. The quantitative estimate of drug-likeness (QED) is 0.745. The summed E-state index contributed by atoms with van der Waals surface area (Å²) < 4.78 is 0. The average Bonchev–Trinajstić information content (AvgIpc) is 2.27. The number of aliphatic hydroxyl groups is 1. The highest BCUT2D eigenvalue weighted by atomic mass is 16.3. The fourth-order valence-corrected chi connectivity index (χ4v) is 2.26. The highest BCUT2D eigenvalue weighted by Crippen LogP contribution is 2.27. The van der Waals surface area contributed by atoms with E-state index in [-0.39, 0.29) is 12.6 Å². The molecule has 0 fully saturated rings. The van der Waals surface area contributed by atoms with Gasteiger partial charge in [0.2, 0.25) is 0 Å². The van der Waals surface area contributed by atoms with E-state index in [0.717, 1.165) is 12.0 Å². The van der Waals surface area contributed by atoms with Crippen LogP contribution in [0.3, 0.4) is 0 Å². The van der Waals surface area contributed by atoms with Crippen molar-refractivity contribution in [3.63, 3.8) is 0 Å². The van der Waals surface area contributed by atoms with Gasteiger partial charge >= 0.3 is 0 Å². The molecular weight excluding hydrogens is 174 g/mol. The zero-order valence-corrected chi connectivity index (χ0v) is 8.37. The first-order chi connectivity index (χ1) is 6.83. The maximum Gasteiger partial charge on any atom is 0.0624 e. The minimum absolute atomic E-state index is 0.0381. The summed E-state index contributed by atoms with van der Waals surface area (Å²) >= 11 is 0. The van der Waals surface area contributed by atoms with Crippen LogP contribution in [0.25, 0.3) is 0 Å². The van der Waals surface area contributed by atoms with Gasteiger partial charge in [-0.25, -0.2) is 0 Å². The molecule has 14 heavy (non-hydrogen) atoms. The van der Waals surface area contributed by atoms with Gasteiger partial charge in [0.25, 0.3) is 0 Å². The Balaban J connectivity index is 2.39. The first-order valence-corrected chi connectivity index (χ1v) is 5.30. The van der Waals surface area contributed by atoms with Gasteiger partial charge in [-0.15, -0.1) is 0 Å². The molecule has 0 radical (unpaired) electrons. The maximum absolute atomic E-state index is 9.06. The number of hydrogen-bond donors (Lipinski definition) is 2. The molecule has 0 aromatic heterocycles. The van der Waals surface area contributed by atoms with E-state index in [9.17, 15) is 0 Å². The number of hydrogen-bond acceptors (Lipinski definition) is 2. The van der Waals surface area contributed by atoms with Crippen LogP contribution in [0.1, 0.15) is 35.6 Å². The van der Waals surface area contributed by atoms with Gasteiger partial charge in [-0.2, -0.15) is 0 Å². The number of fused-ring (bicyclic) bond motifs is 1. The number of benzene rings is 1. The second kappa shape index (κ2) is 4.11. The van der Waals surface area contributed by atoms with Crippen LogP contribution in [-0.4, -0.2) is 11.7 Å². The minimum Gasteiger partial charge on any atom is -0.394 e. The smallest absolute Gasteiger partial charge is 0.0624 e. The second-order valence-corrected chi connectivity index (χ2v) is 3.98. The van der Waals surface area contributed by atoms with Crippen molar-refractivity contribution >= 4 is 0 Å². The Bertz CT molecular complexity index is 322. The molecule has 2 heteroatoms. The number of rotatable bonds is 2. The van der Waals surface area contributed by atoms with E-state index in [2.05, 4.69) is 12.1 Å². The van der Waals surface area contributed by atoms with Crippen LogP contribution in [0.15, 0.2) is 18.2 Å². The van der Waals surface area contributed by atoms with Gasteiger partial charge in [0.05, 0.1) is 12.6 Å². The Morgan fingerprint density at radius 2 is 2.07 bits per heavy atom. The van der Waals surface area contributed by atoms with Crippen molar-refractivity contribution in [2.45, 2.75) is 31.7 Å². The highest BCUT2D eigenvalue weighted by Gasteiger charge is 2.15. The Labute approximate surface area is 84.7 Å². The minimum atomic E-state index is -0.206. The lowest BCUT2D eigenvalue weighted by Crippen LogP contribution is -2.18. The zero-order valence-electron chi connectivity index (χ0n) is 8.37. The van der Waals surface area contributed by atoms with Crippen LogP contribution < -0.4 is 5.73 Å². The standard InChI is InChI=1S/C12H17NO/c13-12(8-14)11-7-3-5-9-4-1-2-6-10(9)11/h3,5,7,12,14H,1-2,4,6,8,13H2/t12-/m1/s1. The number of aryl methyl sites for hydroxylation is 1. The lowest BCUT2D eigenvalue weighted by molar-refractivity contribution is 0.267. The summed E-state index contributed by atoms with van der Waals surface area (Å²) in [5.74, 6) is 0. The summed E-state index contributed by atoms with van der Waals surface area (Å²) in [5, 5.41) is 9.06. The Kier molecular flexibility index (Phi) is 2.85. The topological polar surface area (TPSA) is 46.2 Å². The highest BCUT2D eigenvalue weighted by molar-refractivity contribution is 5.38. The van der Waals surface area contributed by atoms with E-state index in [1.165, 1.54) is 30.4 Å². The molecule has 3 N–H and O–H groups in total. The second-order valence-electron chi connectivity index (χ2n) is 3.98. The first-order valence-electron chi connectivity index (χ1n) is 5.30. The summed E-state index contributed by atoms with van der Waals surface area (Å²) in [6, 6.07) is 6.07. The molecule has 2 nitrogen and oxygen atoms in total. The molecular formula is C12H17NO. The van der Waals surface area contributed by atoms with E-state index in [1.807, 2.05) is 6.07 Å². The largest absolute Gasteiger partial charge is 0.394 e. The molecule has 1 aliphatic carbocycles. The third-order valence-electron chi connectivity index (χ3n) is 3.03. The van der Waals surface area contributed by atoms with Crippen molar-refractivity contribution in [1.29, 1.82) is 0 Å². The van der Waals surface area contributed by atoms with Crippen LogP contribution >= 0.6 is 0 Å². The van der Waals surface area contributed by atoms with Crippen LogP contribution in [0, 0.1) is 0 Å². The van der Waals surface area contributed by atoms with Gasteiger partial charge < -0.3 is 10.8 Å². The van der Waals surface area contributed by atoms with Crippen LogP contribution in [0.2, 0.25) is 0 Å². The summed E-state index contributed by atoms with van der Waals surface area (Å²) in [7, 11) is 0. The van der Waals surface area contributed by atoms with Crippen molar-refractivity contribution in [3.8, 4) is 0 Å². The van der Waals surface area contributed by atoms with Gasteiger partial charge in [0.1, 0.15) is 0 Å². The van der Waals surface area contributed by atoms with Crippen LogP contribution in [0.5, 0.6) is 0 Å². The first kappa shape index (κ1) is 9.69. The molecule has 0 saturated carbocycles. The van der Waals surface area contributed by atoms with E-state index in [4.69, 9.17) is 10.8 Å². The molecule has 0 saturated heterocycles. The molecule has 1 atom stereocenters. The maximum atomic E-state index is 9.06. The SMILES string of the molecule is N[C@H](CO)c1cccc2c1CCCC2. The van der Waals surface area contributed by atoms with E-state index < -0.39 is 0 Å². The molecule has 76 valence electrons. The van der Waals surface area contributed by atoms with Gasteiger partial charge in [0.15, 0.2) is 0 Å². The predicted octanol–water partition coefficient (Wildman–Crippen LogP) is 1.56. The fourth-order valence-electron chi connectivity index (χ4n) is 2.26. The van der Waals surface area contributed by atoms with Gasteiger partial charge in [0, 0.05) is 0 Å². The monoisotopic (exact) mass is 191 g/mol. The van der Waals surface area contributed by atoms with Crippen molar-refractivity contribution in [2.75, 3.05) is 6.61 Å². The zero-order chi connectivity index (χ0) is 9.97. The third kappa shape index (κ3) is 1.68. The fraction of sp³-hybridized carbons (Fsp3) is 0.500. The Hall–Kier alpha value is -0.860. The van der Waals surface area contributed by atoms with Crippen molar-refractivity contribution in [3.05, 3.63) is 34.9 Å². The summed E-state index contributed by atoms with van der Waals surface area (Å²) in [5.41, 5.74) is 9.83. The Morgan fingerprint density at radius 3 is 2.86 bits per heavy atom. The Morgan fingerprint density at radius 1 is 1.29 bits per heavy atom. The molecule has 0 unspecified atom stereocenters. The lowest BCUT2D eigenvalue weighted by atomic mass is 9.86. The summed E-state index contributed by atoms with van der Waals surface area (Å²) in [6.45, 7) is 0.0381. The lowest BCUT2D eigenvalue weighted by Gasteiger charge is -2.21. The average molecular weight is 191 g/mol. The van der Waals surface area contributed by atoms with Crippen molar-refractivity contribution < 1.29 is 5.11 Å². The van der Waals surface area contributed by atoms with Crippen molar-refractivity contribution in [2.24, 2.45) is 5.73 Å². The predicted molar refractivity (Wildman–Crippen MR) is 57.1 cm³/mol. The number of nitrogens with two attached hydrogens (primary N) is 1. The normalized spacial score (nSPS) is 17.6. The van der Waals surface area contributed by atoms with E-state index in [0.29, 0.717) is 0 Å². The molecule has 1 aromatic carbocycles. The third-order valence-corrected chi connectivity index (χ3v) is 3.03. The summed E-state index contributed by atoms with van der Waals surface area (Å²) in [6.07, 6.45) is 4.83. The number of aliphatic hydroxyl groups excluding tert-OH is 1. The molecule has 0 bridgehead atoms. The molecule has 0 amide bonds. The van der Waals surface area contributed by atoms with Gasteiger partial charge in [-0.3, -0.25) is 0 Å². The molecule has 2 rings (SSSR count). The molecule has 0 aliphatic heterocycles. The molecule has 0 spiro atoms. The van der Waals surface area contributed by atoms with Crippen LogP contribution in [0.4, 0.5) is 0 Å². The van der Waals surface area contributed by atoms with E-state index in [1.54, 1.807) is 0 Å². The van der Waals surface area contributed by atoms with Gasteiger partial charge in [-0.05, 0) is 42.4 Å². The van der Waals surface area contributed by atoms with Crippen LogP contribution in [-0.2, 0) is 12.8 Å². The van der Waals surface area contributed by atoms with E-state index >= 15 is 0 Å². The van der Waals surface area contributed by atoms with Crippen molar-refractivity contribution in [1.82, 2.24) is 0 Å². The van der Waals surface area contributed by atoms with Gasteiger partial charge in [-0.1, -0.05) is 18.2 Å².